The minimum atomic E-state index is -1.14. The van der Waals surface area contributed by atoms with Crippen LogP contribution in [0.2, 0.25) is 0 Å². The highest BCUT2D eigenvalue weighted by atomic mass is 16.7. The van der Waals surface area contributed by atoms with Crippen LogP contribution in [-0.4, -0.2) is 57.8 Å². The quantitative estimate of drug-likeness (QED) is 0.657. The van der Waals surface area contributed by atoms with Crippen molar-refractivity contribution in [1.82, 2.24) is 15.5 Å². The van der Waals surface area contributed by atoms with E-state index in [2.05, 4.69) is 15.5 Å². The molecule has 1 aliphatic rings. The van der Waals surface area contributed by atoms with Gasteiger partial charge in [-0.2, -0.15) is 5.10 Å². The number of amides is 1. The van der Waals surface area contributed by atoms with Gasteiger partial charge in [0.1, 0.15) is 5.60 Å². The zero-order valence-corrected chi connectivity index (χ0v) is 17.4. The molecule has 1 aliphatic heterocycles. The summed E-state index contributed by atoms with van der Waals surface area (Å²) in [5.41, 5.74) is -0.995. The fourth-order valence-electron chi connectivity index (χ4n) is 2.46. The molecule has 0 spiro atoms. The minimum Gasteiger partial charge on any atom is -0.477 e. The highest BCUT2D eigenvalue weighted by molar-refractivity contribution is 6.56. The van der Waals surface area contributed by atoms with Crippen molar-refractivity contribution in [2.75, 3.05) is 6.54 Å². The Kier molecular flexibility index (Phi) is 5.96. The van der Waals surface area contributed by atoms with Crippen LogP contribution in [-0.2, 0) is 14.0 Å². The first-order valence-corrected chi connectivity index (χ1v) is 9.01. The van der Waals surface area contributed by atoms with Crippen LogP contribution in [0.3, 0.4) is 0 Å². The summed E-state index contributed by atoms with van der Waals surface area (Å²) in [6, 6.07) is 0. The number of aromatic nitrogens is 2. The Hall–Kier alpha value is -2.33. The molecule has 1 fully saturated rings. The number of hydrogen-bond donors (Lipinski definition) is 3. The third-order valence-corrected chi connectivity index (χ3v) is 4.62. The molecule has 2 rings (SSSR count). The summed E-state index contributed by atoms with van der Waals surface area (Å²) in [5, 5.41) is 18.2. The molecular weight excluding hydrogens is 365 g/mol. The average Bonchev–Trinajstić information content (AvgIpc) is 3.04. The molecule has 0 aromatic carbocycles. The number of ether oxygens (including phenoxy) is 1. The van der Waals surface area contributed by atoms with Gasteiger partial charge in [-0.3, -0.25) is 5.10 Å². The first-order valence-electron chi connectivity index (χ1n) is 9.01. The normalized spacial score (nSPS) is 18.8. The van der Waals surface area contributed by atoms with E-state index < -0.39 is 36.0 Å². The van der Waals surface area contributed by atoms with E-state index in [9.17, 15) is 14.7 Å². The van der Waals surface area contributed by atoms with Crippen molar-refractivity contribution in [3.05, 3.63) is 22.9 Å². The predicted octanol–water partition coefficient (Wildman–Crippen LogP) is 2.65. The number of alkyl carbamates (subject to hydrolysis) is 1. The lowest BCUT2D eigenvalue weighted by atomic mass is 9.77. The Morgan fingerprint density at radius 2 is 1.86 bits per heavy atom. The first kappa shape index (κ1) is 22.0. The van der Waals surface area contributed by atoms with Crippen molar-refractivity contribution in [1.29, 1.82) is 0 Å². The summed E-state index contributed by atoms with van der Waals surface area (Å²) < 4.78 is 17.4. The Morgan fingerprint density at radius 1 is 1.29 bits per heavy atom. The highest BCUT2D eigenvalue weighted by Gasteiger charge is 2.52. The summed E-state index contributed by atoms with van der Waals surface area (Å²) in [7, 11) is -0.767. The van der Waals surface area contributed by atoms with E-state index in [-0.39, 0.29) is 12.2 Å². The molecule has 1 aromatic rings. The molecular formula is C18H28BN3O6. The fourth-order valence-corrected chi connectivity index (χ4v) is 2.46. The Morgan fingerprint density at radius 3 is 2.36 bits per heavy atom. The average molecular weight is 393 g/mol. The van der Waals surface area contributed by atoms with Crippen LogP contribution >= 0.6 is 0 Å². The highest BCUT2D eigenvalue weighted by Crippen LogP contribution is 2.38. The van der Waals surface area contributed by atoms with E-state index in [0.29, 0.717) is 11.0 Å². The van der Waals surface area contributed by atoms with Crippen molar-refractivity contribution in [2.45, 2.75) is 65.3 Å². The SMILES string of the molecule is CC(C)(C)OC(=O)NCC(=Cc1cn[nH]c1C(=O)O)B1OC(C)(C)C(C)(C)O1. The molecule has 0 atom stereocenters. The van der Waals surface area contributed by atoms with E-state index in [1.807, 2.05) is 27.7 Å². The van der Waals surface area contributed by atoms with Crippen LogP contribution in [0.15, 0.2) is 11.7 Å². The molecule has 0 aliphatic carbocycles. The Balaban J connectivity index is 2.29. The lowest BCUT2D eigenvalue weighted by Crippen LogP contribution is -2.41. The third kappa shape index (κ3) is 5.14. The van der Waals surface area contributed by atoms with Crippen LogP contribution in [0.25, 0.3) is 6.08 Å². The number of carboxylic acids is 1. The van der Waals surface area contributed by atoms with Gasteiger partial charge >= 0.3 is 19.2 Å². The topological polar surface area (TPSA) is 123 Å². The summed E-state index contributed by atoms with van der Waals surface area (Å²) in [6.07, 6.45) is 2.38. The van der Waals surface area contributed by atoms with Crippen LogP contribution < -0.4 is 5.32 Å². The molecule has 2 heterocycles. The maximum atomic E-state index is 12.1. The summed E-state index contributed by atoms with van der Waals surface area (Å²) in [4.78, 5) is 23.4. The second-order valence-electron chi connectivity index (χ2n) is 8.67. The molecule has 0 unspecified atom stereocenters. The number of aromatic carboxylic acids is 1. The van der Waals surface area contributed by atoms with Gasteiger partial charge < -0.3 is 24.5 Å². The van der Waals surface area contributed by atoms with Crippen molar-refractivity contribution in [3.63, 3.8) is 0 Å². The van der Waals surface area contributed by atoms with Gasteiger partial charge in [0, 0.05) is 12.1 Å². The van der Waals surface area contributed by atoms with Crippen LogP contribution in [0.5, 0.6) is 0 Å². The molecule has 0 bridgehead atoms. The number of carboxylic acid groups (broad SMARTS) is 1. The number of carbonyl (C=O) groups excluding carboxylic acids is 1. The van der Waals surface area contributed by atoms with Gasteiger partial charge in [0.05, 0.1) is 17.4 Å². The van der Waals surface area contributed by atoms with Crippen molar-refractivity contribution >= 4 is 25.3 Å². The number of nitrogens with zero attached hydrogens (tertiary/aromatic N) is 1. The molecule has 0 saturated carbocycles. The third-order valence-electron chi connectivity index (χ3n) is 4.62. The molecule has 10 heteroatoms. The molecule has 3 N–H and O–H groups in total. The molecule has 1 amide bonds. The van der Waals surface area contributed by atoms with E-state index >= 15 is 0 Å². The van der Waals surface area contributed by atoms with Gasteiger partial charge in [-0.05, 0) is 53.9 Å². The smallest absolute Gasteiger partial charge is 0.477 e. The second kappa shape index (κ2) is 7.59. The number of hydrogen-bond acceptors (Lipinski definition) is 6. The first-order chi connectivity index (χ1) is 12.7. The van der Waals surface area contributed by atoms with Crippen molar-refractivity contribution in [2.24, 2.45) is 0 Å². The van der Waals surface area contributed by atoms with Gasteiger partial charge in [0.15, 0.2) is 5.69 Å². The molecule has 0 radical (unpaired) electrons. The lowest BCUT2D eigenvalue weighted by Gasteiger charge is -2.32. The van der Waals surface area contributed by atoms with Crippen LogP contribution in [0.1, 0.15) is 64.5 Å². The van der Waals surface area contributed by atoms with E-state index in [0.717, 1.165) is 0 Å². The number of aromatic amines is 1. The molecule has 9 nitrogen and oxygen atoms in total. The van der Waals surface area contributed by atoms with Gasteiger partial charge in [0.2, 0.25) is 0 Å². The zero-order valence-electron chi connectivity index (χ0n) is 17.4. The van der Waals surface area contributed by atoms with Crippen LogP contribution in [0.4, 0.5) is 4.79 Å². The largest absolute Gasteiger partial charge is 0.492 e. The van der Waals surface area contributed by atoms with E-state index in [4.69, 9.17) is 14.0 Å². The van der Waals surface area contributed by atoms with Gasteiger partial charge in [-0.25, -0.2) is 9.59 Å². The minimum absolute atomic E-state index is 0.0516. The number of H-pyrrole nitrogens is 1. The van der Waals surface area contributed by atoms with Gasteiger partial charge in [0.25, 0.3) is 0 Å². The summed E-state index contributed by atoms with van der Waals surface area (Å²) >= 11 is 0. The van der Waals surface area contributed by atoms with Crippen molar-refractivity contribution < 1.29 is 28.7 Å². The maximum Gasteiger partial charge on any atom is 0.492 e. The Bertz CT molecular complexity index is 763. The second-order valence-corrected chi connectivity index (χ2v) is 8.67. The van der Waals surface area contributed by atoms with Crippen LogP contribution in [0, 0.1) is 0 Å². The van der Waals surface area contributed by atoms with Gasteiger partial charge in [-0.1, -0.05) is 6.08 Å². The summed E-state index contributed by atoms with van der Waals surface area (Å²) in [5.74, 6) is -1.14. The van der Waals surface area contributed by atoms with E-state index in [1.54, 1.807) is 26.8 Å². The molecule has 1 aromatic heterocycles. The summed E-state index contributed by atoms with van der Waals surface area (Å²) in [6.45, 7) is 13.0. The monoisotopic (exact) mass is 393 g/mol. The standard InChI is InChI=1S/C18H28BN3O6/c1-16(2,3)26-15(25)20-10-12(8-11-9-21-22-13(11)14(23)24)19-27-17(4,5)18(6,7)28-19/h8-9H,10H2,1-7H3,(H,20,25)(H,21,22)(H,23,24). The number of carbonyl (C=O) groups is 2. The van der Waals surface area contributed by atoms with E-state index in [1.165, 1.54) is 6.20 Å². The van der Waals surface area contributed by atoms with Gasteiger partial charge in [-0.15, -0.1) is 0 Å². The Labute approximate surface area is 165 Å². The maximum absolute atomic E-state index is 12.1. The predicted molar refractivity (Wildman–Crippen MR) is 104 cm³/mol. The number of nitrogens with one attached hydrogen (secondary N) is 2. The lowest BCUT2D eigenvalue weighted by molar-refractivity contribution is 0.00578. The zero-order chi connectivity index (χ0) is 21.3. The van der Waals surface area contributed by atoms with Crippen molar-refractivity contribution in [3.8, 4) is 0 Å². The molecule has 1 saturated heterocycles. The molecule has 28 heavy (non-hydrogen) atoms. The molecule has 154 valence electrons. The fraction of sp³-hybridized carbons (Fsp3) is 0.611. The number of rotatable bonds is 5.